The molecule has 124 valence electrons. The fourth-order valence-electron chi connectivity index (χ4n) is 3.08. The van der Waals surface area contributed by atoms with Gasteiger partial charge in [0.05, 0.1) is 18.8 Å². The number of benzene rings is 1. The van der Waals surface area contributed by atoms with Gasteiger partial charge in [0.1, 0.15) is 12.2 Å². The molecule has 1 fully saturated rings. The van der Waals surface area contributed by atoms with E-state index in [1.165, 1.54) is 5.56 Å². The lowest BCUT2D eigenvalue weighted by molar-refractivity contribution is -0.108. The van der Waals surface area contributed by atoms with Crippen molar-refractivity contribution in [2.24, 2.45) is 5.92 Å². The molecule has 0 bridgehead atoms. The van der Waals surface area contributed by atoms with Gasteiger partial charge < -0.3 is 4.74 Å². The van der Waals surface area contributed by atoms with Gasteiger partial charge in [-0.15, -0.1) is 0 Å². The van der Waals surface area contributed by atoms with E-state index in [2.05, 4.69) is 60.0 Å². The summed E-state index contributed by atoms with van der Waals surface area (Å²) in [6.45, 7) is 10.1. The molecule has 2 heterocycles. The summed E-state index contributed by atoms with van der Waals surface area (Å²) < 4.78 is 8.33. The molecule has 2 aromatic rings. The van der Waals surface area contributed by atoms with E-state index >= 15 is 0 Å². The summed E-state index contributed by atoms with van der Waals surface area (Å²) in [4.78, 5) is 6.86. The third-order valence-electron chi connectivity index (χ3n) is 4.48. The topological polar surface area (TPSA) is 43.2 Å². The summed E-state index contributed by atoms with van der Waals surface area (Å²) in [6.07, 6.45) is 2.01. The van der Waals surface area contributed by atoms with Gasteiger partial charge in [-0.05, 0) is 18.4 Å². The van der Waals surface area contributed by atoms with Crippen LogP contribution in [-0.2, 0) is 17.8 Å². The van der Waals surface area contributed by atoms with Crippen LogP contribution in [0.5, 0.6) is 0 Å². The fourth-order valence-corrected chi connectivity index (χ4v) is 3.08. The molecule has 23 heavy (non-hydrogen) atoms. The second kappa shape index (κ2) is 7.23. The normalized spacial score (nSPS) is 22.6. The van der Waals surface area contributed by atoms with Crippen LogP contribution in [0.3, 0.4) is 0 Å². The molecule has 0 unspecified atom stereocenters. The molecular weight excluding hydrogens is 288 g/mol. The standard InChI is InChI=1S/C18H26N4O/c1-4-22-18(19-13-20-22)12-21-10-16(14(2)3)23-17(11-21)15-8-6-5-7-9-15/h5-9,13-14,16-17H,4,10-12H2,1-3H3/t16-,17+/m1/s1. The molecule has 3 rings (SSSR count). The maximum absolute atomic E-state index is 6.36. The van der Waals surface area contributed by atoms with Gasteiger partial charge in [0, 0.05) is 19.6 Å². The van der Waals surface area contributed by atoms with E-state index in [1.807, 2.05) is 10.7 Å². The van der Waals surface area contributed by atoms with Gasteiger partial charge in [-0.25, -0.2) is 9.67 Å². The van der Waals surface area contributed by atoms with Crippen LogP contribution in [0, 0.1) is 5.92 Å². The molecule has 5 heteroatoms. The first-order valence-electron chi connectivity index (χ1n) is 8.46. The van der Waals surface area contributed by atoms with Crippen LogP contribution in [0.4, 0.5) is 0 Å². The second-order valence-electron chi connectivity index (χ2n) is 6.50. The lowest BCUT2D eigenvalue weighted by atomic mass is 10.0. The summed E-state index contributed by atoms with van der Waals surface area (Å²) in [5, 5.41) is 4.28. The minimum atomic E-state index is 0.121. The Kier molecular flexibility index (Phi) is 5.08. The van der Waals surface area contributed by atoms with Gasteiger partial charge in [0.15, 0.2) is 0 Å². The van der Waals surface area contributed by atoms with Crippen molar-refractivity contribution in [3.63, 3.8) is 0 Å². The average molecular weight is 314 g/mol. The first kappa shape index (κ1) is 16.1. The number of aromatic nitrogens is 3. The highest BCUT2D eigenvalue weighted by Gasteiger charge is 2.31. The highest BCUT2D eigenvalue weighted by Crippen LogP contribution is 2.28. The van der Waals surface area contributed by atoms with Crippen LogP contribution in [0.2, 0.25) is 0 Å². The zero-order valence-electron chi connectivity index (χ0n) is 14.2. The summed E-state index contributed by atoms with van der Waals surface area (Å²) in [6, 6.07) is 10.5. The zero-order valence-corrected chi connectivity index (χ0v) is 14.2. The highest BCUT2D eigenvalue weighted by molar-refractivity contribution is 5.18. The van der Waals surface area contributed by atoms with Gasteiger partial charge in [-0.3, -0.25) is 4.90 Å². The van der Waals surface area contributed by atoms with E-state index in [9.17, 15) is 0 Å². The van der Waals surface area contributed by atoms with Crippen molar-refractivity contribution in [2.75, 3.05) is 13.1 Å². The molecule has 0 radical (unpaired) electrons. The first-order chi connectivity index (χ1) is 11.2. The third kappa shape index (κ3) is 3.79. The predicted octanol–water partition coefficient (Wildman–Crippen LogP) is 2.90. The molecule has 0 spiro atoms. The van der Waals surface area contributed by atoms with Gasteiger partial charge in [0.25, 0.3) is 0 Å². The Morgan fingerprint density at radius 3 is 2.70 bits per heavy atom. The van der Waals surface area contributed by atoms with Crippen LogP contribution < -0.4 is 0 Å². The molecule has 0 aliphatic carbocycles. The van der Waals surface area contributed by atoms with E-state index in [4.69, 9.17) is 4.74 Å². The molecule has 1 aliphatic heterocycles. The van der Waals surface area contributed by atoms with Crippen LogP contribution in [-0.4, -0.2) is 38.9 Å². The van der Waals surface area contributed by atoms with Crippen LogP contribution in [0.15, 0.2) is 36.7 Å². The molecular formula is C18H26N4O. The van der Waals surface area contributed by atoms with Crippen molar-refractivity contribution in [3.8, 4) is 0 Å². The van der Waals surface area contributed by atoms with E-state index in [0.29, 0.717) is 5.92 Å². The van der Waals surface area contributed by atoms with Crippen molar-refractivity contribution >= 4 is 0 Å². The summed E-state index contributed by atoms with van der Waals surface area (Å²) in [7, 11) is 0. The van der Waals surface area contributed by atoms with Gasteiger partial charge >= 0.3 is 0 Å². The second-order valence-corrected chi connectivity index (χ2v) is 6.50. The molecule has 0 saturated carbocycles. The number of morpholine rings is 1. The van der Waals surface area contributed by atoms with E-state index in [-0.39, 0.29) is 12.2 Å². The molecule has 0 N–H and O–H groups in total. The van der Waals surface area contributed by atoms with Crippen LogP contribution in [0.25, 0.3) is 0 Å². The molecule has 1 aromatic heterocycles. The predicted molar refractivity (Wildman–Crippen MR) is 89.9 cm³/mol. The van der Waals surface area contributed by atoms with Crippen molar-refractivity contribution in [1.29, 1.82) is 0 Å². The Hall–Kier alpha value is -1.72. The van der Waals surface area contributed by atoms with E-state index < -0.39 is 0 Å². The number of ether oxygens (including phenoxy) is 1. The maximum atomic E-state index is 6.36. The molecule has 0 amide bonds. The number of aryl methyl sites for hydroxylation is 1. The lowest BCUT2D eigenvalue weighted by Gasteiger charge is -2.39. The Balaban J connectivity index is 1.77. The molecule has 2 atom stereocenters. The van der Waals surface area contributed by atoms with Crippen molar-refractivity contribution in [2.45, 2.75) is 46.1 Å². The molecule has 1 aliphatic rings. The van der Waals surface area contributed by atoms with Crippen molar-refractivity contribution in [3.05, 3.63) is 48.0 Å². The Morgan fingerprint density at radius 1 is 1.22 bits per heavy atom. The smallest absolute Gasteiger partial charge is 0.140 e. The van der Waals surface area contributed by atoms with Gasteiger partial charge in [-0.1, -0.05) is 44.2 Å². The number of hydrogen-bond acceptors (Lipinski definition) is 4. The largest absolute Gasteiger partial charge is 0.367 e. The monoisotopic (exact) mass is 314 g/mol. The molecule has 1 saturated heterocycles. The SMILES string of the molecule is CCn1ncnc1CN1C[C@@H](c2ccccc2)O[C@@H](C(C)C)C1. The maximum Gasteiger partial charge on any atom is 0.140 e. The van der Waals surface area contributed by atoms with Crippen molar-refractivity contribution in [1.82, 2.24) is 19.7 Å². The Labute approximate surface area is 138 Å². The molecule has 1 aromatic carbocycles. The highest BCUT2D eigenvalue weighted by atomic mass is 16.5. The number of hydrogen-bond donors (Lipinski definition) is 0. The summed E-state index contributed by atoms with van der Waals surface area (Å²) in [5.41, 5.74) is 1.25. The first-order valence-corrected chi connectivity index (χ1v) is 8.46. The minimum absolute atomic E-state index is 0.121. The Morgan fingerprint density at radius 2 is 2.00 bits per heavy atom. The van der Waals surface area contributed by atoms with Gasteiger partial charge in [0.2, 0.25) is 0 Å². The van der Waals surface area contributed by atoms with E-state index in [0.717, 1.165) is 32.0 Å². The minimum Gasteiger partial charge on any atom is -0.367 e. The average Bonchev–Trinajstić information content (AvgIpc) is 3.02. The number of nitrogens with zero attached hydrogens (tertiary/aromatic N) is 4. The molecule has 5 nitrogen and oxygen atoms in total. The summed E-state index contributed by atoms with van der Waals surface area (Å²) >= 11 is 0. The van der Waals surface area contributed by atoms with Crippen LogP contribution >= 0.6 is 0 Å². The van der Waals surface area contributed by atoms with Gasteiger partial charge in [-0.2, -0.15) is 5.10 Å². The fraction of sp³-hybridized carbons (Fsp3) is 0.556. The quantitative estimate of drug-likeness (QED) is 0.851. The lowest BCUT2D eigenvalue weighted by Crippen LogP contribution is -2.46. The summed E-state index contributed by atoms with van der Waals surface area (Å²) in [5.74, 6) is 1.52. The Bertz CT molecular complexity index is 610. The zero-order chi connectivity index (χ0) is 16.2. The van der Waals surface area contributed by atoms with Crippen LogP contribution in [0.1, 0.15) is 38.3 Å². The number of rotatable bonds is 5. The van der Waals surface area contributed by atoms with E-state index in [1.54, 1.807) is 6.33 Å². The van der Waals surface area contributed by atoms with Crippen molar-refractivity contribution < 1.29 is 4.74 Å². The third-order valence-corrected chi connectivity index (χ3v) is 4.48.